The Balaban J connectivity index is 1.97. The third-order valence-corrected chi connectivity index (χ3v) is 6.84. The van der Waals surface area contributed by atoms with Gasteiger partial charge in [-0.05, 0) is 43.2 Å². The van der Waals surface area contributed by atoms with Gasteiger partial charge in [0, 0.05) is 13.1 Å². The molecular weight excluding hydrogens is 411 g/mol. The van der Waals surface area contributed by atoms with Crippen LogP contribution in [0.15, 0.2) is 41.3 Å². The number of hydrogen-bond donors (Lipinski definition) is 1. The second-order valence-electron chi connectivity index (χ2n) is 6.02. The SMILES string of the molecule is COc1ccc(S(=O)(=O)N2CCCC2)cc1C(=O)Nc1c(Cl)cccc1Cl. The summed E-state index contributed by atoms with van der Waals surface area (Å²) in [6.07, 6.45) is 1.65. The van der Waals surface area contributed by atoms with E-state index < -0.39 is 15.9 Å². The lowest BCUT2D eigenvalue weighted by Crippen LogP contribution is -2.28. The van der Waals surface area contributed by atoms with Crippen LogP contribution in [0.1, 0.15) is 23.2 Å². The summed E-state index contributed by atoms with van der Waals surface area (Å²) in [6.45, 7) is 0.955. The van der Waals surface area contributed by atoms with Crippen LogP contribution in [-0.2, 0) is 10.0 Å². The molecule has 0 unspecified atom stereocenters. The van der Waals surface area contributed by atoms with E-state index in [1.807, 2.05) is 0 Å². The van der Waals surface area contributed by atoms with Crippen molar-refractivity contribution in [2.75, 3.05) is 25.5 Å². The molecule has 144 valence electrons. The lowest BCUT2D eigenvalue weighted by Gasteiger charge is -2.17. The molecule has 0 radical (unpaired) electrons. The van der Waals surface area contributed by atoms with E-state index in [9.17, 15) is 13.2 Å². The Hall–Kier alpha value is -1.80. The number of carbonyl (C=O) groups is 1. The number of hydrogen-bond acceptors (Lipinski definition) is 4. The highest BCUT2D eigenvalue weighted by Gasteiger charge is 2.28. The first-order valence-electron chi connectivity index (χ1n) is 8.28. The summed E-state index contributed by atoms with van der Waals surface area (Å²) in [5.74, 6) is -0.323. The second kappa shape index (κ2) is 8.06. The van der Waals surface area contributed by atoms with Crippen LogP contribution in [0.2, 0.25) is 10.0 Å². The smallest absolute Gasteiger partial charge is 0.259 e. The lowest BCUT2D eigenvalue weighted by atomic mass is 10.2. The van der Waals surface area contributed by atoms with Crippen LogP contribution >= 0.6 is 23.2 Å². The minimum Gasteiger partial charge on any atom is -0.496 e. The molecule has 0 bridgehead atoms. The topological polar surface area (TPSA) is 75.7 Å². The number of rotatable bonds is 5. The molecule has 1 aliphatic heterocycles. The summed E-state index contributed by atoms with van der Waals surface area (Å²) < 4.78 is 32.2. The Bertz CT molecular complexity index is 953. The van der Waals surface area contributed by atoms with Gasteiger partial charge < -0.3 is 10.1 Å². The van der Waals surface area contributed by atoms with Gasteiger partial charge in [0.05, 0.1) is 33.3 Å². The summed E-state index contributed by atoms with van der Waals surface area (Å²) in [5.41, 5.74) is 0.328. The van der Waals surface area contributed by atoms with Gasteiger partial charge in [-0.3, -0.25) is 4.79 Å². The molecule has 6 nitrogen and oxygen atoms in total. The van der Waals surface area contributed by atoms with Crippen LogP contribution in [0.5, 0.6) is 5.75 Å². The van der Waals surface area contributed by atoms with Gasteiger partial charge in [-0.2, -0.15) is 4.31 Å². The zero-order valence-corrected chi connectivity index (χ0v) is 16.9. The molecule has 1 fully saturated rings. The zero-order valence-electron chi connectivity index (χ0n) is 14.5. The highest BCUT2D eigenvalue weighted by atomic mass is 35.5. The minimum atomic E-state index is -3.66. The fourth-order valence-electron chi connectivity index (χ4n) is 2.90. The molecule has 2 aromatic rings. The number of benzene rings is 2. The number of carbonyl (C=O) groups excluding carboxylic acids is 1. The third kappa shape index (κ3) is 4.06. The average Bonchev–Trinajstić information content (AvgIpc) is 3.19. The molecule has 0 aliphatic carbocycles. The van der Waals surface area contributed by atoms with Crippen molar-refractivity contribution in [2.45, 2.75) is 17.7 Å². The summed E-state index contributed by atoms with van der Waals surface area (Å²) in [5, 5.41) is 3.17. The number of methoxy groups -OCH3 is 1. The van der Waals surface area contributed by atoms with Crippen LogP contribution in [0.25, 0.3) is 0 Å². The molecule has 0 spiro atoms. The van der Waals surface area contributed by atoms with E-state index in [1.165, 1.54) is 29.6 Å². The molecule has 3 rings (SSSR count). The first-order valence-corrected chi connectivity index (χ1v) is 10.5. The van der Waals surface area contributed by atoms with E-state index in [0.717, 1.165) is 12.8 Å². The molecule has 2 aromatic carbocycles. The van der Waals surface area contributed by atoms with Crippen molar-refractivity contribution >= 4 is 44.8 Å². The molecular formula is C18H18Cl2N2O4S. The lowest BCUT2D eigenvalue weighted by molar-refractivity contribution is 0.102. The number of anilines is 1. The number of amides is 1. The molecule has 0 saturated carbocycles. The molecule has 9 heteroatoms. The van der Waals surface area contributed by atoms with Crippen LogP contribution in [0, 0.1) is 0 Å². The summed E-state index contributed by atoms with van der Waals surface area (Å²) in [4.78, 5) is 12.8. The van der Waals surface area contributed by atoms with Gasteiger partial charge in [-0.15, -0.1) is 0 Å². The zero-order chi connectivity index (χ0) is 19.6. The van der Waals surface area contributed by atoms with Crippen molar-refractivity contribution in [1.82, 2.24) is 4.31 Å². The molecule has 27 heavy (non-hydrogen) atoms. The van der Waals surface area contributed by atoms with Crippen molar-refractivity contribution in [1.29, 1.82) is 0 Å². The van der Waals surface area contributed by atoms with Gasteiger partial charge in [0.2, 0.25) is 10.0 Å². The fourth-order valence-corrected chi connectivity index (χ4v) is 4.94. The highest BCUT2D eigenvalue weighted by molar-refractivity contribution is 7.89. The predicted molar refractivity (Wildman–Crippen MR) is 105 cm³/mol. The van der Waals surface area contributed by atoms with Crippen molar-refractivity contribution < 1.29 is 17.9 Å². The van der Waals surface area contributed by atoms with E-state index in [-0.39, 0.29) is 31.9 Å². The number of para-hydroxylation sites is 1. The minimum absolute atomic E-state index is 0.0422. The molecule has 0 aromatic heterocycles. The maximum absolute atomic E-state index is 12.8. The standard InChI is InChI=1S/C18H18Cl2N2O4S/c1-26-16-8-7-12(27(24,25)22-9-2-3-10-22)11-13(16)18(23)21-17-14(19)5-4-6-15(17)20/h4-8,11H,2-3,9-10H2,1H3,(H,21,23). The molecule has 0 atom stereocenters. The Morgan fingerprint density at radius 2 is 1.74 bits per heavy atom. The Kier molecular flexibility index (Phi) is 5.95. The predicted octanol–water partition coefficient (Wildman–Crippen LogP) is 4.04. The van der Waals surface area contributed by atoms with Crippen molar-refractivity contribution in [3.63, 3.8) is 0 Å². The van der Waals surface area contributed by atoms with Gasteiger partial charge >= 0.3 is 0 Å². The third-order valence-electron chi connectivity index (χ3n) is 4.32. The molecule has 1 amide bonds. The number of nitrogens with one attached hydrogen (secondary N) is 1. The van der Waals surface area contributed by atoms with Crippen molar-refractivity contribution in [3.05, 3.63) is 52.0 Å². The van der Waals surface area contributed by atoms with Crippen LogP contribution < -0.4 is 10.1 Å². The largest absolute Gasteiger partial charge is 0.496 e. The van der Waals surface area contributed by atoms with Crippen molar-refractivity contribution in [3.8, 4) is 5.75 Å². The first-order chi connectivity index (χ1) is 12.8. The number of halogens is 2. The van der Waals surface area contributed by atoms with Gasteiger partial charge in [0.1, 0.15) is 5.75 Å². The van der Waals surface area contributed by atoms with Crippen LogP contribution in [0.3, 0.4) is 0 Å². The maximum Gasteiger partial charge on any atom is 0.259 e. The molecule has 1 N–H and O–H groups in total. The maximum atomic E-state index is 12.8. The average molecular weight is 429 g/mol. The highest BCUT2D eigenvalue weighted by Crippen LogP contribution is 2.32. The fraction of sp³-hybridized carbons (Fsp3) is 0.278. The number of ether oxygens (including phenoxy) is 1. The van der Waals surface area contributed by atoms with Gasteiger partial charge in [0.15, 0.2) is 0 Å². The van der Waals surface area contributed by atoms with Gasteiger partial charge in [-0.1, -0.05) is 29.3 Å². The Morgan fingerprint density at radius 3 is 2.33 bits per heavy atom. The second-order valence-corrected chi connectivity index (χ2v) is 8.78. The Labute approximate surface area is 168 Å². The summed E-state index contributed by atoms with van der Waals surface area (Å²) >= 11 is 12.2. The van der Waals surface area contributed by atoms with E-state index in [0.29, 0.717) is 13.1 Å². The molecule has 1 saturated heterocycles. The normalized spacial score (nSPS) is 14.9. The summed E-state index contributed by atoms with van der Waals surface area (Å²) in [7, 11) is -2.26. The van der Waals surface area contributed by atoms with Gasteiger partial charge in [0.25, 0.3) is 5.91 Å². The monoisotopic (exact) mass is 428 g/mol. The van der Waals surface area contributed by atoms with E-state index in [2.05, 4.69) is 5.32 Å². The van der Waals surface area contributed by atoms with E-state index >= 15 is 0 Å². The first kappa shape index (κ1) is 19.9. The van der Waals surface area contributed by atoms with Crippen LogP contribution in [-0.4, -0.2) is 38.8 Å². The van der Waals surface area contributed by atoms with E-state index in [1.54, 1.807) is 18.2 Å². The molecule has 1 aliphatic rings. The number of nitrogens with zero attached hydrogens (tertiary/aromatic N) is 1. The summed E-state index contributed by atoms with van der Waals surface area (Å²) in [6, 6.07) is 9.05. The molecule has 1 heterocycles. The Morgan fingerprint density at radius 1 is 1.11 bits per heavy atom. The quantitative estimate of drug-likeness (QED) is 0.779. The van der Waals surface area contributed by atoms with Crippen molar-refractivity contribution in [2.24, 2.45) is 0 Å². The van der Waals surface area contributed by atoms with Gasteiger partial charge in [-0.25, -0.2) is 8.42 Å². The van der Waals surface area contributed by atoms with Crippen LogP contribution in [0.4, 0.5) is 5.69 Å². The van der Waals surface area contributed by atoms with E-state index in [4.69, 9.17) is 27.9 Å². The number of sulfonamides is 1.